The zero-order chi connectivity index (χ0) is 21.6. The maximum Gasteiger partial charge on any atom is 0.227 e. The van der Waals surface area contributed by atoms with Crippen LogP contribution in [0.1, 0.15) is 19.4 Å². The summed E-state index contributed by atoms with van der Waals surface area (Å²) in [5.74, 6) is 0.513. The lowest BCUT2D eigenvalue weighted by Gasteiger charge is -2.28. The van der Waals surface area contributed by atoms with Gasteiger partial charge in [0, 0.05) is 42.3 Å². The molecule has 0 unspecified atom stereocenters. The Morgan fingerprint density at radius 2 is 1.84 bits per heavy atom. The number of nitriles is 1. The summed E-state index contributed by atoms with van der Waals surface area (Å²) in [6.07, 6.45) is 1.72. The third-order valence-corrected chi connectivity index (χ3v) is 5.04. The average Bonchev–Trinajstić information content (AvgIpc) is 2.80. The molecule has 1 fully saturated rings. The van der Waals surface area contributed by atoms with Gasteiger partial charge in [-0.3, -0.25) is 0 Å². The van der Waals surface area contributed by atoms with Crippen molar-refractivity contribution in [3.05, 3.63) is 60.3 Å². The Balaban J connectivity index is 1.50. The van der Waals surface area contributed by atoms with E-state index in [9.17, 15) is 5.26 Å². The number of nitrogens with one attached hydrogen (secondary N) is 2. The molecular formula is C24H26N6O. The zero-order valence-corrected chi connectivity index (χ0v) is 17.8. The van der Waals surface area contributed by atoms with Gasteiger partial charge in [-0.05, 0) is 56.3 Å². The van der Waals surface area contributed by atoms with Gasteiger partial charge in [0.25, 0.3) is 0 Å². The monoisotopic (exact) mass is 414 g/mol. The van der Waals surface area contributed by atoms with Crippen LogP contribution in [0.15, 0.2) is 54.7 Å². The molecule has 2 heterocycles. The van der Waals surface area contributed by atoms with E-state index in [1.165, 1.54) is 5.69 Å². The molecule has 1 aromatic heterocycles. The van der Waals surface area contributed by atoms with Crippen molar-refractivity contribution in [3.63, 3.8) is 0 Å². The third-order valence-electron chi connectivity index (χ3n) is 5.04. The molecule has 3 aromatic rings. The molecule has 0 amide bonds. The lowest BCUT2D eigenvalue weighted by molar-refractivity contribution is 0.122. The van der Waals surface area contributed by atoms with Crippen molar-refractivity contribution in [1.29, 1.82) is 5.26 Å². The number of aromatic nitrogens is 2. The summed E-state index contributed by atoms with van der Waals surface area (Å²) in [4.78, 5) is 11.3. The van der Waals surface area contributed by atoms with Crippen LogP contribution in [0.2, 0.25) is 0 Å². The van der Waals surface area contributed by atoms with E-state index >= 15 is 0 Å². The minimum absolute atomic E-state index is 0.252. The van der Waals surface area contributed by atoms with Gasteiger partial charge in [-0.1, -0.05) is 6.07 Å². The second-order valence-electron chi connectivity index (χ2n) is 7.71. The molecule has 158 valence electrons. The van der Waals surface area contributed by atoms with E-state index in [4.69, 9.17) is 4.74 Å². The summed E-state index contributed by atoms with van der Waals surface area (Å²) in [6.45, 7) is 7.45. The number of rotatable bonds is 6. The molecule has 1 aliphatic heterocycles. The van der Waals surface area contributed by atoms with Gasteiger partial charge in [-0.15, -0.1) is 0 Å². The Bertz CT molecular complexity index is 1070. The van der Waals surface area contributed by atoms with E-state index in [2.05, 4.69) is 43.7 Å². The minimum Gasteiger partial charge on any atom is -0.382 e. The van der Waals surface area contributed by atoms with E-state index in [-0.39, 0.29) is 6.04 Å². The van der Waals surface area contributed by atoms with Crippen molar-refractivity contribution in [3.8, 4) is 17.3 Å². The first-order valence-corrected chi connectivity index (χ1v) is 10.5. The largest absolute Gasteiger partial charge is 0.382 e. The molecule has 0 radical (unpaired) electrons. The zero-order valence-electron chi connectivity index (χ0n) is 17.8. The summed E-state index contributed by atoms with van der Waals surface area (Å²) in [5, 5.41) is 16.1. The average molecular weight is 415 g/mol. The maximum absolute atomic E-state index is 9.52. The Hall–Kier alpha value is -3.63. The van der Waals surface area contributed by atoms with Crippen LogP contribution in [0, 0.1) is 11.3 Å². The molecule has 0 saturated carbocycles. The van der Waals surface area contributed by atoms with Gasteiger partial charge in [0.05, 0.1) is 30.2 Å². The summed E-state index contributed by atoms with van der Waals surface area (Å²) in [7, 11) is 0. The normalized spacial score (nSPS) is 13.7. The molecule has 1 aliphatic rings. The van der Waals surface area contributed by atoms with Crippen LogP contribution in [-0.4, -0.2) is 42.3 Å². The lowest BCUT2D eigenvalue weighted by Crippen LogP contribution is -2.36. The fourth-order valence-electron chi connectivity index (χ4n) is 3.52. The van der Waals surface area contributed by atoms with Gasteiger partial charge in [-0.25, -0.2) is 9.97 Å². The molecule has 7 heteroatoms. The smallest absolute Gasteiger partial charge is 0.227 e. The van der Waals surface area contributed by atoms with Crippen LogP contribution in [0.5, 0.6) is 0 Å². The van der Waals surface area contributed by atoms with Crippen LogP contribution < -0.4 is 15.5 Å². The molecule has 0 bridgehead atoms. The number of anilines is 4. The molecule has 2 aromatic carbocycles. The highest BCUT2D eigenvalue weighted by Crippen LogP contribution is 2.26. The van der Waals surface area contributed by atoms with E-state index in [1.54, 1.807) is 6.20 Å². The van der Waals surface area contributed by atoms with E-state index in [0.717, 1.165) is 48.9 Å². The van der Waals surface area contributed by atoms with E-state index in [1.807, 2.05) is 50.2 Å². The summed E-state index contributed by atoms with van der Waals surface area (Å²) >= 11 is 0. The van der Waals surface area contributed by atoms with Crippen molar-refractivity contribution < 1.29 is 4.74 Å². The summed E-state index contributed by atoms with van der Waals surface area (Å²) in [6, 6.07) is 18.4. The van der Waals surface area contributed by atoms with Crippen LogP contribution in [0.3, 0.4) is 0 Å². The molecule has 0 spiro atoms. The summed E-state index contributed by atoms with van der Waals surface area (Å²) in [5.41, 5.74) is 5.16. The fraction of sp³-hybridized carbons (Fsp3) is 0.292. The van der Waals surface area contributed by atoms with E-state index in [0.29, 0.717) is 11.5 Å². The molecule has 0 aliphatic carbocycles. The van der Waals surface area contributed by atoms with Crippen LogP contribution in [-0.2, 0) is 4.74 Å². The van der Waals surface area contributed by atoms with Crippen molar-refractivity contribution >= 4 is 23.0 Å². The van der Waals surface area contributed by atoms with Crippen molar-refractivity contribution in [2.24, 2.45) is 0 Å². The van der Waals surface area contributed by atoms with Crippen molar-refractivity contribution in [1.82, 2.24) is 9.97 Å². The van der Waals surface area contributed by atoms with Gasteiger partial charge in [0.2, 0.25) is 5.95 Å². The molecule has 1 saturated heterocycles. The fourth-order valence-corrected chi connectivity index (χ4v) is 3.52. The number of hydrogen-bond donors (Lipinski definition) is 2. The first kappa shape index (κ1) is 20.6. The Morgan fingerprint density at radius 1 is 1.06 bits per heavy atom. The van der Waals surface area contributed by atoms with Crippen LogP contribution in [0.4, 0.5) is 23.0 Å². The molecule has 7 nitrogen and oxygen atoms in total. The predicted octanol–water partition coefficient (Wildman–Crippen LogP) is 4.42. The van der Waals surface area contributed by atoms with Crippen LogP contribution in [0.25, 0.3) is 11.3 Å². The Labute approximate surface area is 182 Å². The second kappa shape index (κ2) is 9.45. The maximum atomic E-state index is 9.52. The number of hydrogen-bond acceptors (Lipinski definition) is 7. The van der Waals surface area contributed by atoms with E-state index < -0.39 is 0 Å². The first-order chi connectivity index (χ1) is 15.1. The van der Waals surface area contributed by atoms with Crippen molar-refractivity contribution in [2.75, 3.05) is 41.8 Å². The quantitative estimate of drug-likeness (QED) is 0.618. The molecular weight excluding hydrogens is 388 g/mol. The Kier molecular flexibility index (Phi) is 6.29. The topological polar surface area (TPSA) is 86.1 Å². The highest BCUT2D eigenvalue weighted by Gasteiger charge is 2.11. The van der Waals surface area contributed by atoms with Crippen molar-refractivity contribution in [2.45, 2.75) is 19.9 Å². The van der Waals surface area contributed by atoms with Gasteiger partial charge in [0.15, 0.2) is 0 Å². The third kappa shape index (κ3) is 5.11. The molecule has 31 heavy (non-hydrogen) atoms. The second-order valence-corrected chi connectivity index (χ2v) is 7.71. The number of morpholine rings is 1. The number of benzene rings is 2. The Morgan fingerprint density at radius 3 is 2.55 bits per heavy atom. The van der Waals surface area contributed by atoms with Gasteiger partial charge < -0.3 is 20.3 Å². The number of ether oxygens (including phenoxy) is 1. The van der Waals surface area contributed by atoms with Gasteiger partial charge in [0.1, 0.15) is 6.07 Å². The lowest BCUT2D eigenvalue weighted by atomic mass is 10.1. The first-order valence-electron chi connectivity index (χ1n) is 10.5. The standard InChI is InChI=1S/C24H26N6O/c1-17(2)27-22-8-3-18(15-19(22)16-25)23-9-10-26-24(29-23)28-20-4-6-21(7-5-20)30-11-13-31-14-12-30/h3-10,15,17,27H,11-14H2,1-2H3,(H,26,28,29). The highest BCUT2D eigenvalue weighted by atomic mass is 16.5. The minimum atomic E-state index is 0.252. The van der Waals surface area contributed by atoms with Crippen LogP contribution >= 0.6 is 0 Å². The number of nitrogens with zero attached hydrogens (tertiary/aromatic N) is 4. The predicted molar refractivity (Wildman–Crippen MR) is 124 cm³/mol. The van der Waals surface area contributed by atoms with Gasteiger partial charge in [-0.2, -0.15) is 5.26 Å². The molecule has 2 N–H and O–H groups in total. The SMILES string of the molecule is CC(C)Nc1ccc(-c2ccnc(Nc3ccc(N4CCOCC4)cc3)n2)cc1C#N. The molecule has 0 atom stereocenters. The van der Waals surface area contributed by atoms with Gasteiger partial charge >= 0.3 is 0 Å². The molecule has 4 rings (SSSR count). The highest BCUT2D eigenvalue weighted by molar-refractivity contribution is 5.70. The summed E-state index contributed by atoms with van der Waals surface area (Å²) < 4.78 is 5.42.